The molecule has 0 saturated carbocycles. The number of rotatable bonds is 6. The van der Waals surface area contributed by atoms with E-state index in [1.165, 1.54) is 5.56 Å². The minimum atomic E-state index is 0.466. The number of aromatic nitrogens is 3. The van der Waals surface area contributed by atoms with Crippen LogP contribution in [0.4, 0.5) is 5.82 Å². The predicted molar refractivity (Wildman–Crippen MR) is 73.1 cm³/mol. The number of nitrogen functional groups attached to an aromatic ring is 1. The first-order chi connectivity index (χ1) is 8.81. The first kappa shape index (κ1) is 12.6. The minimum absolute atomic E-state index is 0.466. The number of hydrogen-bond acceptors (Lipinski definition) is 3. The molecule has 0 aromatic carbocycles. The van der Waals surface area contributed by atoms with Crippen LogP contribution < -0.4 is 5.73 Å². The highest BCUT2D eigenvalue weighted by molar-refractivity contribution is 5.41. The Hall–Kier alpha value is -1.84. The van der Waals surface area contributed by atoms with E-state index in [0.29, 0.717) is 11.7 Å². The van der Waals surface area contributed by atoms with E-state index in [9.17, 15) is 0 Å². The molecule has 2 rings (SSSR count). The molecule has 2 heterocycles. The van der Waals surface area contributed by atoms with E-state index >= 15 is 0 Å². The average molecular weight is 244 g/mol. The first-order valence-electron chi connectivity index (χ1n) is 6.49. The van der Waals surface area contributed by atoms with E-state index in [0.717, 1.165) is 25.8 Å². The van der Waals surface area contributed by atoms with Crippen molar-refractivity contribution < 1.29 is 0 Å². The third-order valence-electron chi connectivity index (χ3n) is 3.21. The lowest BCUT2D eigenvalue weighted by atomic mass is 9.92. The van der Waals surface area contributed by atoms with Crippen molar-refractivity contribution in [1.82, 2.24) is 14.8 Å². The van der Waals surface area contributed by atoms with E-state index in [4.69, 9.17) is 5.73 Å². The molecule has 0 unspecified atom stereocenters. The topological polar surface area (TPSA) is 56.7 Å². The van der Waals surface area contributed by atoms with Crippen molar-refractivity contribution in [2.45, 2.75) is 38.6 Å². The first-order valence-corrected chi connectivity index (χ1v) is 6.49. The molecule has 1 atom stereocenters. The maximum atomic E-state index is 5.97. The molecule has 2 aromatic rings. The van der Waals surface area contributed by atoms with Crippen molar-refractivity contribution in [2.24, 2.45) is 0 Å². The lowest BCUT2D eigenvalue weighted by molar-refractivity contribution is 0.488. The smallest absolute Gasteiger partial charge is 0.126 e. The Morgan fingerprint density at radius 1 is 1.28 bits per heavy atom. The van der Waals surface area contributed by atoms with E-state index in [1.807, 2.05) is 29.2 Å². The number of pyridine rings is 1. The second-order valence-electron chi connectivity index (χ2n) is 4.52. The zero-order valence-electron chi connectivity index (χ0n) is 10.8. The van der Waals surface area contributed by atoms with Crippen LogP contribution in [0.25, 0.3) is 0 Å². The van der Waals surface area contributed by atoms with E-state index < -0.39 is 0 Å². The predicted octanol–water partition coefficient (Wildman–Crippen LogP) is 2.83. The third kappa shape index (κ3) is 3.09. The van der Waals surface area contributed by atoms with Crippen LogP contribution in [0, 0.1) is 0 Å². The largest absolute Gasteiger partial charge is 0.383 e. The number of hydrogen-bond donors (Lipinski definition) is 1. The molecule has 0 aliphatic carbocycles. The summed E-state index contributed by atoms with van der Waals surface area (Å²) in [7, 11) is 0. The summed E-state index contributed by atoms with van der Waals surface area (Å²) in [5.41, 5.74) is 7.14. The van der Waals surface area contributed by atoms with Crippen molar-refractivity contribution in [3.05, 3.63) is 42.4 Å². The van der Waals surface area contributed by atoms with Crippen molar-refractivity contribution in [1.29, 1.82) is 0 Å². The summed E-state index contributed by atoms with van der Waals surface area (Å²) in [5, 5.41) is 4.23. The fraction of sp³-hybridized carbons (Fsp3) is 0.429. The maximum Gasteiger partial charge on any atom is 0.126 e. The summed E-state index contributed by atoms with van der Waals surface area (Å²) in [6.07, 6.45) is 8.89. The second kappa shape index (κ2) is 6.19. The lowest BCUT2D eigenvalue weighted by Gasteiger charge is -2.17. The lowest BCUT2D eigenvalue weighted by Crippen LogP contribution is -2.08. The van der Waals surface area contributed by atoms with Gasteiger partial charge in [-0.3, -0.25) is 4.68 Å². The van der Waals surface area contributed by atoms with Crippen LogP contribution in [0.1, 0.15) is 37.7 Å². The Kier molecular flexibility index (Phi) is 4.34. The van der Waals surface area contributed by atoms with Crippen LogP contribution in [-0.4, -0.2) is 14.8 Å². The van der Waals surface area contributed by atoms with Gasteiger partial charge in [-0.15, -0.1) is 0 Å². The molecule has 0 aliphatic heterocycles. The molecular weight excluding hydrogens is 224 g/mol. The van der Waals surface area contributed by atoms with E-state index in [1.54, 1.807) is 6.20 Å². The van der Waals surface area contributed by atoms with Crippen molar-refractivity contribution in [3.63, 3.8) is 0 Å². The van der Waals surface area contributed by atoms with Gasteiger partial charge in [0.2, 0.25) is 0 Å². The maximum absolute atomic E-state index is 5.97. The number of nitrogens with zero attached hydrogens (tertiary/aromatic N) is 3. The van der Waals surface area contributed by atoms with E-state index in [2.05, 4.69) is 23.1 Å². The van der Waals surface area contributed by atoms with Gasteiger partial charge in [-0.05, 0) is 36.5 Å². The van der Waals surface area contributed by atoms with Gasteiger partial charge in [0, 0.05) is 25.1 Å². The monoisotopic (exact) mass is 244 g/mol. The minimum Gasteiger partial charge on any atom is -0.383 e. The van der Waals surface area contributed by atoms with Gasteiger partial charge in [0.25, 0.3) is 0 Å². The Morgan fingerprint density at radius 2 is 2.17 bits per heavy atom. The Balaban J connectivity index is 2.06. The molecule has 96 valence electrons. The summed E-state index contributed by atoms with van der Waals surface area (Å²) in [6, 6.07) is 6.00. The molecule has 2 aromatic heterocycles. The molecule has 0 saturated heterocycles. The van der Waals surface area contributed by atoms with Crippen LogP contribution in [0.2, 0.25) is 0 Å². The number of nitrogens with two attached hydrogens (primary N) is 1. The van der Waals surface area contributed by atoms with Crippen LogP contribution in [-0.2, 0) is 6.54 Å². The fourth-order valence-corrected chi connectivity index (χ4v) is 2.30. The summed E-state index contributed by atoms with van der Waals surface area (Å²) >= 11 is 0. The zero-order chi connectivity index (χ0) is 12.8. The molecule has 0 amide bonds. The zero-order valence-corrected chi connectivity index (χ0v) is 10.8. The van der Waals surface area contributed by atoms with Crippen LogP contribution in [0.3, 0.4) is 0 Å². The van der Waals surface area contributed by atoms with E-state index in [-0.39, 0.29) is 0 Å². The Morgan fingerprint density at radius 3 is 2.83 bits per heavy atom. The van der Waals surface area contributed by atoms with Gasteiger partial charge in [0.05, 0.1) is 0 Å². The standard InChI is InChI=1S/C14H20N4/c1-2-5-12(7-11-18-10-4-9-17-18)13-6-3-8-16-14(13)15/h3-4,6,8-10,12H,2,5,7,11H2,1H3,(H2,15,16)/t12-/m1/s1. The Bertz CT molecular complexity index is 464. The molecule has 0 spiro atoms. The highest BCUT2D eigenvalue weighted by atomic mass is 15.3. The van der Waals surface area contributed by atoms with Crippen LogP contribution in [0.5, 0.6) is 0 Å². The average Bonchev–Trinajstić information content (AvgIpc) is 2.88. The van der Waals surface area contributed by atoms with Gasteiger partial charge in [0.15, 0.2) is 0 Å². The molecule has 0 bridgehead atoms. The summed E-state index contributed by atoms with van der Waals surface area (Å²) in [5.74, 6) is 1.13. The molecule has 0 fully saturated rings. The summed E-state index contributed by atoms with van der Waals surface area (Å²) < 4.78 is 1.97. The SMILES string of the molecule is CCC[C@H](CCn1cccn1)c1cccnc1N. The van der Waals surface area contributed by atoms with Crippen LogP contribution in [0.15, 0.2) is 36.8 Å². The molecule has 18 heavy (non-hydrogen) atoms. The molecule has 2 N–H and O–H groups in total. The quantitative estimate of drug-likeness (QED) is 0.850. The van der Waals surface area contributed by atoms with Crippen molar-refractivity contribution in [2.75, 3.05) is 5.73 Å². The Labute approximate surface area is 108 Å². The molecule has 0 aliphatic rings. The fourth-order valence-electron chi connectivity index (χ4n) is 2.30. The van der Waals surface area contributed by atoms with Gasteiger partial charge in [-0.25, -0.2) is 4.98 Å². The van der Waals surface area contributed by atoms with Crippen molar-refractivity contribution in [3.8, 4) is 0 Å². The highest BCUT2D eigenvalue weighted by Gasteiger charge is 2.14. The number of anilines is 1. The van der Waals surface area contributed by atoms with Gasteiger partial charge in [-0.2, -0.15) is 5.10 Å². The van der Waals surface area contributed by atoms with Crippen molar-refractivity contribution >= 4 is 5.82 Å². The normalized spacial score (nSPS) is 12.5. The summed E-state index contributed by atoms with van der Waals surface area (Å²) in [4.78, 5) is 4.18. The second-order valence-corrected chi connectivity index (χ2v) is 4.52. The third-order valence-corrected chi connectivity index (χ3v) is 3.21. The molecule has 0 radical (unpaired) electrons. The molecule has 4 nitrogen and oxygen atoms in total. The summed E-state index contributed by atoms with van der Waals surface area (Å²) in [6.45, 7) is 3.12. The van der Waals surface area contributed by atoms with Gasteiger partial charge >= 0.3 is 0 Å². The highest BCUT2D eigenvalue weighted by Crippen LogP contribution is 2.28. The molecule has 4 heteroatoms. The van der Waals surface area contributed by atoms with Crippen LogP contribution >= 0.6 is 0 Å². The van der Waals surface area contributed by atoms with Gasteiger partial charge in [0.1, 0.15) is 5.82 Å². The van der Waals surface area contributed by atoms with Gasteiger partial charge < -0.3 is 5.73 Å². The molecular formula is C14H20N4. The van der Waals surface area contributed by atoms with Gasteiger partial charge in [-0.1, -0.05) is 19.4 Å². The number of aryl methyl sites for hydroxylation is 1.